The molecule has 0 unspecified atom stereocenters. The Hall–Kier alpha value is -1.42. The summed E-state index contributed by atoms with van der Waals surface area (Å²) in [6.45, 7) is 1.84. The van der Waals surface area contributed by atoms with Crippen molar-refractivity contribution < 1.29 is 9.18 Å². The van der Waals surface area contributed by atoms with E-state index in [9.17, 15) is 9.18 Å². The molecule has 1 aromatic rings. The minimum absolute atomic E-state index is 0.171. The number of halogens is 1. The Kier molecular flexibility index (Phi) is 3.59. The number of anilines is 1. The van der Waals surface area contributed by atoms with Gasteiger partial charge < -0.3 is 11.1 Å². The van der Waals surface area contributed by atoms with E-state index < -0.39 is 0 Å². The minimum atomic E-state index is -0.317. The van der Waals surface area contributed by atoms with Gasteiger partial charge >= 0.3 is 0 Å². The standard InChI is InChI=1S/C10H13FN2O/c1-7(14)13-10-3-2-9(11)6-8(10)4-5-12/h2-3,6H,4-5,12H2,1H3,(H,13,14). The maximum Gasteiger partial charge on any atom is 0.221 e. The van der Waals surface area contributed by atoms with E-state index >= 15 is 0 Å². The van der Waals surface area contributed by atoms with Crippen molar-refractivity contribution in [3.05, 3.63) is 29.6 Å². The predicted octanol–water partition coefficient (Wildman–Crippen LogP) is 1.29. The predicted molar refractivity (Wildman–Crippen MR) is 53.5 cm³/mol. The van der Waals surface area contributed by atoms with Crippen LogP contribution in [0.3, 0.4) is 0 Å². The number of nitrogens with two attached hydrogens (primary N) is 1. The summed E-state index contributed by atoms with van der Waals surface area (Å²) in [5, 5.41) is 2.62. The molecule has 3 N–H and O–H groups in total. The average molecular weight is 196 g/mol. The topological polar surface area (TPSA) is 55.1 Å². The number of nitrogens with one attached hydrogen (secondary N) is 1. The van der Waals surface area contributed by atoms with Gasteiger partial charge in [0.2, 0.25) is 5.91 Å². The summed E-state index contributed by atoms with van der Waals surface area (Å²) in [5.41, 5.74) is 6.73. The van der Waals surface area contributed by atoms with Crippen molar-refractivity contribution >= 4 is 11.6 Å². The van der Waals surface area contributed by atoms with Gasteiger partial charge in [0.1, 0.15) is 5.82 Å². The molecule has 0 atom stereocenters. The largest absolute Gasteiger partial charge is 0.330 e. The molecule has 0 saturated heterocycles. The number of benzene rings is 1. The second-order valence-corrected chi connectivity index (χ2v) is 3.02. The molecule has 76 valence electrons. The second-order valence-electron chi connectivity index (χ2n) is 3.02. The van der Waals surface area contributed by atoms with Crippen molar-refractivity contribution in [1.82, 2.24) is 0 Å². The molecular weight excluding hydrogens is 183 g/mol. The molecule has 0 fully saturated rings. The highest BCUT2D eigenvalue weighted by molar-refractivity contribution is 5.89. The molecule has 0 spiro atoms. The van der Waals surface area contributed by atoms with Crippen molar-refractivity contribution in [2.45, 2.75) is 13.3 Å². The van der Waals surface area contributed by atoms with Crippen LogP contribution in [-0.4, -0.2) is 12.5 Å². The molecule has 14 heavy (non-hydrogen) atoms. The molecule has 0 aromatic heterocycles. The first-order valence-electron chi connectivity index (χ1n) is 4.39. The normalized spacial score (nSPS) is 9.93. The van der Waals surface area contributed by atoms with Crippen LogP contribution < -0.4 is 11.1 Å². The Bertz CT molecular complexity index is 339. The molecule has 3 nitrogen and oxygen atoms in total. The van der Waals surface area contributed by atoms with E-state index in [1.54, 1.807) is 6.07 Å². The van der Waals surface area contributed by atoms with E-state index in [2.05, 4.69) is 5.32 Å². The summed E-state index contributed by atoms with van der Waals surface area (Å²) < 4.78 is 12.9. The van der Waals surface area contributed by atoms with Crippen LogP contribution in [0, 0.1) is 5.82 Å². The molecular formula is C10H13FN2O. The quantitative estimate of drug-likeness (QED) is 0.765. The van der Waals surface area contributed by atoms with Crippen molar-refractivity contribution in [1.29, 1.82) is 0 Å². The zero-order valence-electron chi connectivity index (χ0n) is 8.01. The highest BCUT2D eigenvalue weighted by Gasteiger charge is 2.04. The first kappa shape index (κ1) is 10.7. The van der Waals surface area contributed by atoms with Gasteiger partial charge in [0.15, 0.2) is 0 Å². The lowest BCUT2D eigenvalue weighted by atomic mass is 10.1. The molecule has 0 bridgehead atoms. The highest BCUT2D eigenvalue weighted by Crippen LogP contribution is 2.17. The van der Waals surface area contributed by atoms with Crippen LogP contribution in [0.5, 0.6) is 0 Å². The van der Waals surface area contributed by atoms with Crippen LogP contribution in [0.2, 0.25) is 0 Å². The minimum Gasteiger partial charge on any atom is -0.330 e. The Labute approximate surface area is 82.1 Å². The van der Waals surface area contributed by atoms with Gasteiger partial charge in [0, 0.05) is 12.6 Å². The Morgan fingerprint density at radius 3 is 2.86 bits per heavy atom. The van der Waals surface area contributed by atoms with Crippen LogP contribution in [0.15, 0.2) is 18.2 Å². The van der Waals surface area contributed by atoms with Crippen LogP contribution in [-0.2, 0) is 11.2 Å². The molecule has 4 heteroatoms. The van der Waals surface area contributed by atoms with Crippen molar-refractivity contribution in [3.8, 4) is 0 Å². The highest BCUT2D eigenvalue weighted by atomic mass is 19.1. The lowest BCUT2D eigenvalue weighted by Gasteiger charge is -2.08. The first-order chi connectivity index (χ1) is 6.63. The summed E-state index contributed by atoms with van der Waals surface area (Å²) in [4.78, 5) is 10.8. The Balaban J connectivity index is 2.95. The Morgan fingerprint density at radius 2 is 2.29 bits per heavy atom. The van der Waals surface area contributed by atoms with Crippen LogP contribution >= 0.6 is 0 Å². The number of carbonyl (C=O) groups excluding carboxylic acids is 1. The number of hydrogen-bond donors (Lipinski definition) is 2. The summed E-state index contributed by atoms with van der Waals surface area (Å²) in [5.74, 6) is -0.488. The molecule has 0 saturated carbocycles. The van der Waals surface area contributed by atoms with Gasteiger partial charge in [-0.15, -0.1) is 0 Å². The van der Waals surface area contributed by atoms with Crippen LogP contribution in [0.4, 0.5) is 10.1 Å². The van der Waals surface area contributed by atoms with E-state index in [1.165, 1.54) is 19.1 Å². The SMILES string of the molecule is CC(=O)Nc1ccc(F)cc1CCN. The van der Waals surface area contributed by atoms with Crippen LogP contribution in [0.25, 0.3) is 0 Å². The summed E-state index contributed by atoms with van der Waals surface area (Å²) >= 11 is 0. The van der Waals surface area contributed by atoms with Gasteiger partial charge in [0.25, 0.3) is 0 Å². The third-order valence-corrected chi connectivity index (χ3v) is 1.79. The van der Waals surface area contributed by atoms with E-state index in [4.69, 9.17) is 5.73 Å². The molecule has 0 aliphatic rings. The smallest absolute Gasteiger partial charge is 0.221 e. The molecule has 0 aliphatic carbocycles. The fourth-order valence-electron chi connectivity index (χ4n) is 1.24. The van der Waals surface area contributed by atoms with E-state index in [0.29, 0.717) is 18.7 Å². The van der Waals surface area contributed by atoms with E-state index in [1.807, 2.05) is 0 Å². The van der Waals surface area contributed by atoms with Gasteiger partial charge in [-0.05, 0) is 36.7 Å². The fraction of sp³-hybridized carbons (Fsp3) is 0.300. The molecule has 0 radical (unpaired) electrons. The molecule has 1 amide bonds. The van der Waals surface area contributed by atoms with Gasteiger partial charge in [-0.3, -0.25) is 4.79 Å². The number of rotatable bonds is 3. The lowest BCUT2D eigenvalue weighted by molar-refractivity contribution is -0.114. The van der Waals surface area contributed by atoms with Gasteiger partial charge in [-0.25, -0.2) is 4.39 Å². The zero-order chi connectivity index (χ0) is 10.6. The van der Waals surface area contributed by atoms with Gasteiger partial charge in [-0.2, -0.15) is 0 Å². The Morgan fingerprint density at radius 1 is 1.57 bits per heavy atom. The van der Waals surface area contributed by atoms with Crippen molar-refractivity contribution in [2.75, 3.05) is 11.9 Å². The van der Waals surface area contributed by atoms with E-state index in [-0.39, 0.29) is 11.7 Å². The summed E-state index contributed by atoms with van der Waals surface area (Å²) in [6, 6.07) is 4.24. The monoisotopic (exact) mass is 196 g/mol. The maximum atomic E-state index is 12.9. The number of amides is 1. The molecule has 0 aliphatic heterocycles. The molecule has 0 heterocycles. The lowest BCUT2D eigenvalue weighted by Crippen LogP contribution is -2.11. The number of hydrogen-bond acceptors (Lipinski definition) is 2. The molecule has 1 rings (SSSR count). The molecule has 1 aromatic carbocycles. The third-order valence-electron chi connectivity index (χ3n) is 1.79. The fourth-order valence-corrected chi connectivity index (χ4v) is 1.24. The zero-order valence-corrected chi connectivity index (χ0v) is 8.01. The van der Waals surface area contributed by atoms with Gasteiger partial charge in [-0.1, -0.05) is 0 Å². The van der Waals surface area contributed by atoms with Gasteiger partial charge in [0.05, 0.1) is 0 Å². The first-order valence-corrected chi connectivity index (χ1v) is 4.39. The average Bonchev–Trinajstić information content (AvgIpc) is 2.09. The maximum absolute atomic E-state index is 12.9. The van der Waals surface area contributed by atoms with Crippen molar-refractivity contribution in [3.63, 3.8) is 0 Å². The summed E-state index contributed by atoms with van der Waals surface area (Å²) in [7, 11) is 0. The van der Waals surface area contributed by atoms with Crippen molar-refractivity contribution in [2.24, 2.45) is 5.73 Å². The summed E-state index contributed by atoms with van der Waals surface area (Å²) in [6.07, 6.45) is 0.549. The second kappa shape index (κ2) is 4.72. The van der Waals surface area contributed by atoms with E-state index in [0.717, 1.165) is 5.56 Å². The van der Waals surface area contributed by atoms with Crippen LogP contribution in [0.1, 0.15) is 12.5 Å². The number of carbonyl (C=O) groups is 1. The third kappa shape index (κ3) is 2.81.